The lowest BCUT2D eigenvalue weighted by Crippen LogP contribution is -2.35. The van der Waals surface area contributed by atoms with Crippen LogP contribution >= 0.6 is 0 Å². The second-order valence-electron chi connectivity index (χ2n) is 6.69. The summed E-state index contributed by atoms with van der Waals surface area (Å²) in [5, 5.41) is 4.32. The Kier molecular flexibility index (Phi) is 5.19. The first-order valence-corrected chi connectivity index (χ1v) is 9.24. The molecule has 0 radical (unpaired) electrons. The SMILES string of the molecule is O=C(N/N=C1/C[C@H]2C=CC[C@H]12)c1ccccc1OCCOc1ccccc1. The number of hydrogen-bond donors (Lipinski definition) is 1. The Bertz CT molecular complexity index is 861. The molecule has 0 aromatic heterocycles. The molecule has 138 valence electrons. The topological polar surface area (TPSA) is 59.9 Å². The van der Waals surface area contributed by atoms with Gasteiger partial charge in [-0.05, 0) is 43.0 Å². The van der Waals surface area contributed by atoms with E-state index in [-0.39, 0.29) is 5.91 Å². The molecule has 1 saturated carbocycles. The fourth-order valence-electron chi connectivity index (χ4n) is 3.45. The molecule has 5 nitrogen and oxygen atoms in total. The third kappa shape index (κ3) is 4.03. The van der Waals surface area contributed by atoms with Gasteiger partial charge in [0.2, 0.25) is 0 Å². The number of carbonyl (C=O) groups excluding carboxylic acids is 1. The molecule has 1 N–H and O–H groups in total. The first-order valence-electron chi connectivity index (χ1n) is 9.24. The minimum absolute atomic E-state index is 0.253. The molecule has 0 aliphatic heterocycles. The number of hydrazone groups is 1. The van der Waals surface area contributed by atoms with Crippen molar-refractivity contribution in [1.82, 2.24) is 5.43 Å². The standard InChI is InChI=1S/C22H22N2O3/c25-22(24-23-20-15-16-7-6-11-18(16)20)19-10-4-5-12-21(19)27-14-13-26-17-8-2-1-3-9-17/h1-10,12,16,18H,11,13-15H2,(H,24,25)/b23-20-/t16-,18+/m1/s1. The second-order valence-corrected chi connectivity index (χ2v) is 6.69. The third-order valence-electron chi connectivity index (χ3n) is 4.95. The molecule has 0 unspecified atom stereocenters. The average molecular weight is 362 g/mol. The molecule has 2 aromatic carbocycles. The zero-order valence-electron chi connectivity index (χ0n) is 15.0. The first kappa shape index (κ1) is 17.3. The lowest BCUT2D eigenvalue weighted by molar-refractivity contribution is 0.0948. The van der Waals surface area contributed by atoms with Crippen LogP contribution in [0.25, 0.3) is 0 Å². The van der Waals surface area contributed by atoms with Crippen molar-refractivity contribution in [3.8, 4) is 11.5 Å². The van der Waals surface area contributed by atoms with Crippen molar-refractivity contribution in [2.75, 3.05) is 13.2 Å². The monoisotopic (exact) mass is 362 g/mol. The smallest absolute Gasteiger partial charge is 0.275 e. The van der Waals surface area contributed by atoms with Gasteiger partial charge in [0.05, 0.1) is 5.56 Å². The van der Waals surface area contributed by atoms with Crippen LogP contribution in [0.1, 0.15) is 23.2 Å². The van der Waals surface area contributed by atoms with Crippen LogP contribution in [0, 0.1) is 11.8 Å². The summed E-state index contributed by atoms with van der Waals surface area (Å²) in [4.78, 5) is 12.5. The van der Waals surface area contributed by atoms with Crippen LogP contribution in [0.3, 0.4) is 0 Å². The quantitative estimate of drug-likeness (QED) is 0.463. The molecule has 4 rings (SSSR count). The third-order valence-corrected chi connectivity index (χ3v) is 4.95. The van der Waals surface area contributed by atoms with Crippen molar-refractivity contribution < 1.29 is 14.3 Å². The lowest BCUT2D eigenvalue weighted by atomic mass is 9.74. The number of nitrogens with one attached hydrogen (secondary N) is 1. The number of fused-ring (bicyclic) bond motifs is 1. The summed E-state index contributed by atoms with van der Waals surface area (Å²) in [5.74, 6) is 2.16. The number of ether oxygens (including phenoxy) is 2. The number of amides is 1. The Hall–Kier alpha value is -3.08. The van der Waals surface area contributed by atoms with Crippen molar-refractivity contribution in [2.45, 2.75) is 12.8 Å². The Morgan fingerprint density at radius 2 is 1.81 bits per heavy atom. The van der Waals surface area contributed by atoms with Crippen LogP contribution in [0.4, 0.5) is 0 Å². The predicted molar refractivity (Wildman–Crippen MR) is 104 cm³/mol. The van der Waals surface area contributed by atoms with Gasteiger partial charge in [-0.2, -0.15) is 5.10 Å². The number of allylic oxidation sites excluding steroid dienone is 2. The molecule has 0 saturated heterocycles. The summed E-state index contributed by atoms with van der Waals surface area (Å²) in [5.41, 5.74) is 4.23. The van der Waals surface area contributed by atoms with Gasteiger partial charge in [0, 0.05) is 11.6 Å². The van der Waals surface area contributed by atoms with E-state index in [1.807, 2.05) is 42.5 Å². The minimum atomic E-state index is -0.253. The van der Waals surface area contributed by atoms with Crippen LogP contribution in [0.2, 0.25) is 0 Å². The molecule has 27 heavy (non-hydrogen) atoms. The van der Waals surface area contributed by atoms with Crippen LogP contribution in [-0.2, 0) is 0 Å². The van der Waals surface area contributed by atoms with Gasteiger partial charge in [-0.25, -0.2) is 5.43 Å². The van der Waals surface area contributed by atoms with Crippen LogP contribution in [0.15, 0.2) is 71.9 Å². The highest BCUT2D eigenvalue weighted by Gasteiger charge is 2.38. The highest BCUT2D eigenvalue weighted by Crippen LogP contribution is 2.40. The van der Waals surface area contributed by atoms with Gasteiger partial charge < -0.3 is 9.47 Å². The lowest BCUT2D eigenvalue weighted by Gasteiger charge is -2.31. The van der Waals surface area contributed by atoms with Crippen molar-refractivity contribution in [1.29, 1.82) is 0 Å². The molecule has 2 aromatic rings. The number of para-hydroxylation sites is 2. The van der Waals surface area contributed by atoms with E-state index in [0.29, 0.717) is 36.4 Å². The fourth-order valence-corrected chi connectivity index (χ4v) is 3.45. The molecule has 2 atom stereocenters. The summed E-state index contributed by atoms with van der Waals surface area (Å²) in [6.07, 6.45) is 6.41. The summed E-state index contributed by atoms with van der Waals surface area (Å²) in [6, 6.07) is 16.7. The van der Waals surface area contributed by atoms with Gasteiger partial charge in [-0.1, -0.05) is 42.5 Å². The molecule has 0 bridgehead atoms. The van der Waals surface area contributed by atoms with E-state index in [4.69, 9.17) is 9.47 Å². The van der Waals surface area contributed by atoms with Gasteiger partial charge in [0.25, 0.3) is 5.91 Å². The van der Waals surface area contributed by atoms with Gasteiger partial charge >= 0.3 is 0 Å². The summed E-state index contributed by atoms with van der Waals surface area (Å²) >= 11 is 0. The maximum Gasteiger partial charge on any atom is 0.275 e. The van der Waals surface area contributed by atoms with Crippen LogP contribution in [-0.4, -0.2) is 24.8 Å². The summed E-state index contributed by atoms with van der Waals surface area (Å²) < 4.78 is 11.4. The number of benzene rings is 2. The Balaban J connectivity index is 1.30. The average Bonchev–Trinajstić information content (AvgIpc) is 3.07. The van der Waals surface area contributed by atoms with Gasteiger partial charge in [0.1, 0.15) is 24.7 Å². The van der Waals surface area contributed by atoms with Gasteiger partial charge in [-0.15, -0.1) is 0 Å². The van der Waals surface area contributed by atoms with Crippen LogP contribution < -0.4 is 14.9 Å². The predicted octanol–water partition coefficient (Wildman–Crippen LogP) is 3.83. The minimum Gasteiger partial charge on any atom is -0.490 e. The molecule has 5 heteroatoms. The van der Waals surface area contributed by atoms with E-state index in [1.54, 1.807) is 12.1 Å². The van der Waals surface area contributed by atoms with Crippen molar-refractivity contribution >= 4 is 11.6 Å². The highest BCUT2D eigenvalue weighted by atomic mass is 16.5. The Labute approximate surface area is 158 Å². The molecule has 1 fully saturated rings. The normalized spacial score (nSPS) is 21.4. The Morgan fingerprint density at radius 3 is 2.67 bits per heavy atom. The molecular formula is C22H22N2O3. The zero-order chi connectivity index (χ0) is 18.5. The maximum atomic E-state index is 12.5. The van der Waals surface area contributed by atoms with Gasteiger partial charge in [-0.3, -0.25) is 4.79 Å². The molecular weight excluding hydrogens is 340 g/mol. The number of nitrogens with zero attached hydrogens (tertiary/aromatic N) is 1. The van der Waals surface area contributed by atoms with E-state index >= 15 is 0 Å². The van der Waals surface area contributed by atoms with Crippen molar-refractivity contribution in [3.05, 3.63) is 72.3 Å². The molecule has 2 aliphatic carbocycles. The molecule has 1 amide bonds. The van der Waals surface area contributed by atoms with Gasteiger partial charge in [0.15, 0.2) is 0 Å². The molecule has 0 heterocycles. The number of hydrogen-bond acceptors (Lipinski definition) is 4. The Morgan fingerprint density at radius 1 is 1.04 bits per heavy atom. The second kappa shape index (κ2) is 8.08. The number of carbonyl (C=O) groups is 1. The van der Waals surface area contributed by atoms with E-state index < -0.39 is 0 Å². The summed E-state index contributed by atoms with van der Waals surface area (Å²) in [6.45, 7) is 0.751. The van der Waals surface area contributed by atoms with E-state index in [9.17, 15) is 4.79 Å². The zero-order valence-corrected chi connectivity index (χ0v) is 15.0. The molecule has 2 aliphatic rings. The van der Waals surface area contributed by atoms with Crippen LogP contribution in [0.5, 0.6) is 11.5 Å². The fraction of sp³-hybridized carbons (Fsp3) is 0.273. The maximum absolute atomic E-state index is 12.5. The van der Waals surface area contributed by atoms with Crippen molar-refractivity contribution in [2.24, 2.45) is 16.9 Å². The largest absolute Gasteiger partial charge is 0.490 e. The van der Waals surface area contributed by atoms with E-state index in [0.717, 1.165) is 24.3 Å². The van der Waals surface area contributed by atoms with E-state index in [2.05, 4.69) is 22.7 Å². The highest BCUT2D eigenvalue weighted by molar-refractivity contribution is 5.99. The number of rotatable bonds is 7. The molecule has 0 spiro atoms. The van der Waals surface area contributed by atoms with Crippen molar-refractivity contribution in [3.63, 3.8) is 0 Å². The first-order chi connectivity index (χ1) is 13.3. The summed E-state index contributed by atoms with van der Waals surface area (Å²) in [7, 11) is 0. The van der Waals surface area contributed by atoms with E-state index in [1.165, 1.54) is 0 Å².